The highest BCUT2D eigenvalue weighted by Crippen LogP contribution is 2.17. The van der Waals surface area contributed by atoms with Crippen molar-refractivity contribution in [3.8, 4) is 0 Å². The van der Waals surface area contributed by atoms with Crippen molar-refractivity contribution in [2.45, 2.75) is 25.8 Å². The summed E-state index contributed by atoms with van der Waals surface area (Å²) in [4.78, 5) is 37.8. The molecular formula is C23H25N3O3. The molecule has 2 aromatic rings. The summed E-state index contributed by atoms with van der Waals surface area (Å²) >= 11 is 0. The number of hydrogen-bond donors (Lipinski definition) is 2. The highest BCUT2D eigenvalue weighted by Gasteiger charge is 2.18. The van der Waals surface area contributed by atoms with Gasteiger partial charge in [-0.1, -0.05) is 42.5 Å². The van der Waals surface area contributed by atoms with Gasteiger partial charge in [0.05, 0.1) is 6.54 Å². The second-order valence-corrected chi connectivity index (χ2v) is 6.98. The molecule has 2 N–H and O–H groups in total. The van der Waals surface area contributed by atoms with Gasteiger partial charge in [0, 0.05) is 31.3 Å². The van der Waals surface area contributed by atoms with E-state index >= 15 is 0 Å². The Bertz CT molecular complexity index is 893. The molecule has 1 saturated heterocycles. The van der Waals surface area contributed by atoms with Crippen LogP contribution in [-0.2, 0) is 20.9 Å². The highest BCUT2D eigenvalue weighted by atomic mass is 16.2. The van der Waals surface area contributed by atoms with Crippen molar-refractivity contribution in [3.05, 3.63) is 71.8 Å². The first kappa shape index (κ1) is 20.3. The predicted octanol–water partition coefficient (Wildman–Crippen LogP) is 2.97. The lowest BCUT2D eigenvalue weighted by Gasteiger charge is -2.26. The largest absolute Gasteiger partial charge is 0.343 e. The van der Waals surface area contributed by atoms with Gasteiger partial charge in [-0.2, -0.15) is 0 Å². The lowest BCUT2D eigenvalue weighted by atomic mass is 10.1. The van der Waals surface area contributed by atoms with Crippen molar-refractivity contribution in [3.63, 3.8) is 0 Å². The molecule has 29 heavy (non-hydrogen) atoms. The van der Waals surface area contributed by atoms with Crippen molar-refractivity contribution >= 4 is 29.5 Å². The minimum atomic E-state index is -0.332. The number of amides is 3. The molecule has 150 valence electrons. The number of carbonyl (C=O) groups is 3. The summed E-state index contributed by atoms with van der Waals surface area (Å²) in [5.74, 6) is -0.462. The van der Waals surface area contributed by atoms with Gasteiger partial charge >= 0.3 is 0 Å². The quantitative estimate of drug-likeness (QED) is 0.713. The van der Waals surface area contributed by atoms with E-state index in [0.29, 0.717) is 18.7 Å². The average Bonchev–Trinajstić information content (AvgIpc) is 2.73. The minimum absolute atomic E-state index is 0.118. The highest BCUT2D eigenvalue weighted by molar-refractivity contribution is 5.98. The predicted molar refractivity (Wildman–Crippen MR) is 113 cm³/mol. The third-order valence-corrected chi connectivity index (χ3v) is 4.66. The van der Waals surface area contributed by atoms with Crippen molar-refractivity contribution in [2.75, 3.05) is 18.4 Å². The molecule has 0 radical (unpaired) electrons. The molecule has 1 aliphatic rings. The van der Waals surface area contributed by atoms with Crippen LogP contribution in [0.3, 0.4) is 0 Å². The summed E-state index contributed by atoms with van der Waals surface area (Å²) in [6.07, 6.45) is 5.69. The third-order valence-electron chi connectivity index (χ3n) is 4.66. The summed E-state index contributed by atoms with van der Waals surface area (Å²) < 4.78 is 0. The van der Waals surface area contributed by atoms with Crippen LogP contribution in [0, 0.1) is 0 Å². The Morgan fingerprint density at radius 2 is 1.86 bits per heavy atom. The molecule has 0 bridgehead atoms. The summed E-state index contributed by atoms with van der Waals surface area (Å²) in [5.41, 5.74) is 2.52. The Morgan fingerprint density at radius 3 is 2.66 bits per heavy atom. The number of nitrogens with zero attached hydrogens (tertiary/aromatic N) is 1. The molecule has 2 aromatic carbocycles. The Balaban J connectivity index is 1.47. The monoisotopic (exact) mass is 391 g/mol. The van der Waals surface area contributed by atoms with Crippen molar-refractivity contribution < 1.29 is 14.4 Å². The third kappa shape index (κ3) is 6.60. The molecule has 3 amide bonds. The molecule has 0 atom stereocenters. The second-order valence-electron chi connectivity index (χ2n) is 6.98. The fourth-order valence-corrected chi connectivity index (χ4v) is 3.16. The first-order chi connectivity index (χ1) is 14.1. The fourth-order valence-electron chi connectivity index (χ4n) is 3.16. The molecule has 3 rings (SSSR count). The standard InChI is InChI=1S/C23H25N3O3/c27-21(13-12-18-7-2-1-3-8-18)24-16-22(28)25-20-10-6-9-19(15-20)17-26-14-5-4-11-23(26)29/h1-3,6-10,12-13,15H,4-5,11,14,16-17H2,(H,24,27)(H,25,28)/b13-12+. The van der Waals surface area contributed by atoms with E-state index in [0.717, 1.165) is 30.5 Å². The first-order valence-electron chi connectivity index (χ1n) is 9.78. The topological polar surface area (TPSA) is 78.5 Å². The van der Waals surface area contributed by atoms with E-state index in [9.17, 15) is 14.4 Å². The van der Waals surface area contributed by atoms with Crippen LogP contribution in [0.1, 0.15) is 30.4 Å². The Hall–Kier alpha value is -3.41. The lowest BCUT2D eigenvalue weighted by molar-refractivity contribution is -0.133. The van der Waals surface area contributed by atoms with Gasteiger partial charge in [-0.25, -0.2) is 0 Å². The Kier molecular flexibility index (Phi) is 7.16. The summed E-state index contributed by atoms with van der Waals surface area (Å²) in [7, 11) is 0. The maximum absolute atomic E-state index is 12.1. The molecule has 6 heteroatoms. The molecule has 1 fully saturated rings. The van der Waals surface area contributed by atoms with Gasteiger partial charge in [0.2, 0.25) is 17.7 Å². The normalized spacial score (nSPS) is 14.1. The van der Waals surface area contributed by atoms with Crippen LogP contribution in [0.15, 0.2) is 60.7 Å². The van der Waals surface area contributed by atoms with E-state index in [1.165, 1.54) is 6.08 Å². The number of anilines is 1. The molecule has 1 aliphatic heterocycles. The van der Waals surface area contributed by atoms with E-state index in [-0.39, 0.29) is 24.3 Å². The maximum Gasteiger partial charge on any atom is 0.244 e. The summed E-state index contributed by atoms with van der Waals surface area (Å²) in [6, 6.07) is 16.9. The molecule has 1 heterocycles. The number of benzene rings is 2. The SMILES string of the molecule is O=C(/C=C/c1ccccc1)NCC(=O)Nc1cccc(CN2CCCCC2=O)c1. The molecule has 0 unspecified atom stereocenters. The van der Waals surface area contributed by atoms with Crippen LogP contribution < -0.4 is 10.6 Å². The molecule has 0 spiro atoms. The molecule has 0 saturated carbocycles. The van der Waals surface area contributed by atoms with Crippen LogP contribution in [0.25, 0.3) is 6.08 Å². The number of piperidine rings is 1. The zero-order chi connectivity index (χ0) is 20.5. The number of likely N-dealkylation sites (tertiary alicyclic amines) is 1. The van der Waals surface area contributed by atoms with Crippen LogP contribution >= 0.6 is 0 Å². The number of nitrogens with one attached hydrogen (secondary N) is 2. The van der Waals surface area contributed by atoms with Crippen LogP contribution in [0.2, 0.25) is 0 Å². The molecular weight excluding hydrogens is 366 g/mol. The van der Waals surface area contributed by atoms with Gasteiger partial charge in [0.25, 0.3) is 0 Å². The van der Waals surface area contributed by atoms with Crippen LogP contribution in [0.5, 0.6) is 0 Å². The Morgan fingerprint density at radius 1 is 1.03 bits per heavy atom. The van der Waals surface area contributed by atoms with Gasteiger partial charge in [0.1, 0.15) is 0 Å². The first-order valence-corrected chi connectivity index (χ1v) is 9.78. The Labute approximate surface area is 170 Å². The zero-order valence-electron chi connectivity index (χ0n) is 16.3. The van der Waals surface area contributed by atoms with Crippen molar-refractivity contribution in [1.29, 1.82) is 0 Å². The van der Waals surface area contributed by atoms with Crippen molar-refractivity contribution in [1.82, 2.24) is 10.2 Å². The van der Waals surface area contributed by atoms with Gasteiger partial charge in [-0.3, -0.25) is 14.4 Å². The van der Waals surface area contributed by atoms with E-state index in [1.54, 1.807) is 12.1 Å². The van der Waals surface area contributed by atoms with Gasteiger partial charge in [-0.05, 0) is 42.2 Å². The number of hydrogen-bond acceptors (Lipinski definition) is 3. The van der Waals surface area contributed by atoms with E-state index in [4.69, 9.17) is 0 Å². The number of rotatable bonds is 7. The van der Waals surface area contributed by atoms with Gasteiger partial charge < -0.3 is 15.5 Å². The molecule has 6 nitrogen and oxygen atoms in total. The average molecular weight is 391 g/mol. The lowest BCUT2D eigenvalue weighted by Crippen LogP contribution is -2.34. The van der Waals surface area contributed by atoms with E-state index < -0.39 is 0 Å². The second kappa shape index (κ2) is 10.2. The zero-order valence-corrected chi connectivity index (χ0v) is 16.3. The van der Waals surface area contributed by atoms with E-state index in [2.05, 4.69) is 10.6 Å². The summed E-state index contributed by atoms with van der Waals surface area (Å²) in [5, 5.41) is 5.35. The van der Waals surface area contributed by atoms with E-state index in [1.807, 2.05) is 53.4 Å². The maximum atomic E-state index is 12.1. The molecule has 0 aliphatic carbocycles. The number of carbonyl (C=O) groups excluding carboxylic acids is 3. The minimum Gasteiger partial charge on any atom is -0.343 e. The van der Waals surface area contributed by atoms with Gasteiger partial charge in [-0.15, -0.1) is 0 Å². The van der Waals surface area contributed by atoms with Crippen LogP contribution in [0.4, 0.5) is 5.69 Å². The van der Waals surface area contributed by atoms with Crippen LogP contribution in [-0.4, -0.2) is 35.7 Å². The van der Waals surface area contributed by atoms with Crippen molar-refractivity contribution in [2.24, 2.45) is 0 Å². The van der Waals surface area contributed by atoms with Gasteiger partial charge in [0.15, 0.2) is 0 Å². The fraction of sp³-hybridized carbons (Fsp3) is 0.261. The molecule has 0 aromatic heterocycles. The summed E-state index contributed by atoms with van der Waals surface area (Å²) in [6.45, 7) is 1.20. The smallest absolute Gasteiger partial charge is 0.244 e.